The Morgan fingerprint density at radius 2 is 2.03 bits per heavy atom. The maximum absolute atomic E-state index is 14.3. The van der Waals surface area contributed by atoms with Crippen molar-refractivity contribution in [1.82, 2.24) is 4.90 Å². The lowest BCUT2D eigenvalue weighted by atomic mass is 9.96. The molecule has 29 heavy (non-hydrogen) atoms. The van der Waals surface area contributed by atoms with Gasteiger partial charge in [0.15, 0.2) is 0 Å². The quantitative estimate of drug-likeness (QED) is 0.801. The van der Waals surface area contributed by atoms with Crippen LogP contribution in [-0.2, 0) is 6.54 Å². The van der Waals surface area contributed by atoms with Gasteiger partial charge in [-0.2, -0.15) is 5.26 Å². The largest absolute Gasteiger partial charge is 0.492 e. The molecule has 0 aromatic heterocycles. The molecule has 5 rings (SSSR count). The third-order valence-corrected chi connectivity index (χ3v) is 6.74. The summed E-state index contributed by atoms with van der Waals surface area (Å²) in [5.41, 5.74) is 9.17. The highest BCUT2D eigenvalue weighted by molar-refractivity contribution is 5.73. The van der Waals surface area contributed by atoms with Crippen LogP contribution in [0.5, 0.6) is 5.75 Å². The van der Waals surface area contributed by atoms with Crippen LogP contribution >= 0.6 is 0 Å². The Morgan fingerprint density at radius 1 is 1.17 bits per heavy atom. The third kappa shape index (κ3) is 3.52. The lowest BCUT2D eigenvalue weighted by Crippen LogP contribution is -2.36. The van der Waals surface area contributed by atoms with Gasteiger partial charge in [0.1, 0.15) is 17.6 Å². The Morgan fingerprint density at radius 3 is 2.69 bits per heavy atom. The molecule has 4 nitrogen and oxygen atoms in total. The van der Waals surface area contributed by atoms with Crippen LogP contribution in [0.15, 0.2) is 36.4 Å². The summed E-state index contributed by atoms with van der Waals surface area (Å²) in [7, 11) is 0. The standard InChI is InChI=1S/C24H26FN3O/c25-21-10-16(6-7-17(21)12-26)20-3-1-2-18(24(20)29-14-15-4-5-15)13-28-19-8-9-23(28)22(27)11-19/h1-3,6-7,10,15,19,22-23H,4-5,8-9,11,13-14,27H2/t19-,22+,23+/m1/s1. The molecule has 2 aromatic rings. The molecule has 150 valence electrons. The summed E-state index contributed by atoms with van der Waals surface area (Å²) < 4.78 is 20.6. The van der Waals surface area contributed by atoms with Gasteiger partial charge in [-0.05, 0) is 55.7 Å². The number of para-hydroxylation sites is 1. The van der Waals surface area contributed by atoms with Gasteiger partial charge in [-0.15, -0.1) is 0 Å². The highest BCUT2D eigenvalue weighted by Crippen LogP contribution is 2.41. The highest BCUT2D eigenvalue weighted by atomic mass is 19.1. The number of rotatable bonds is 6. The molecule has 3 atom stereocenters. The molecule has 0 spiro atoms. The summed E-state index contributed by atoms with van der Waals surface area (Å²) in [5, 5.41) is 9.04. The van der Waals surface area contributed by atoms with Gasteiger partial charge in [0, 0.05) is 35.8 Å². The molecule has 1 saturated carbocycles. The van der Waals surface area contributed by atoms with E-state index in [-0.39, 0.29) is 11.6 Å². The Bertz CT molecular complexity index is 965. The van der Waals surface area contributed by atoms with Gasteiger partial charge in [-0.3, -0.25) is 4.90 Å². The van der Waals surface area contributed by atoms with Crippen LogP contribution in [0.1, 0.15) is 43.2 Å². The average Bonchev–Trinajstić information content (AvgIpc) is 3.42. The number of nitrogens with two attached hydrogens (primary N) is 1. The minimum atomic E-state index is -0.493. The zero-order valence-electron chi connectivity index (χ0n) is 16.5. The molecule has 0 unspecified atom stereocenters. The molecule has 2 aromatic carbocycles. The van der Waals surface area contributed by atoms with Crippen molar-refractivity contribution in [3.8, 4) is 22.9 Å². The van der Waals surface area contributed by atoms with Crippen molar-refractivity contribution >= 4 is 0 Å². The molecule has 2 saturated heterocycles. The first-order valence-electron chi connectivity index (χ1n) is 10.6. The number of hydrogen-bond acceptors (Lipinski definition) is 4. The predicted molar refractivity (Wildman–Crippen MR) is 110 cm³/mol. The topological polar surface area (TPSA) is 62.3 Å². The van der Waals surface area contributed by atoms with Crippen LogP contribution < -0.4 is 10.5 Å². The molecular weight excluding hydrogens is 365 g/mol. The van der Waals surface area contributed by atoms with Crippen molar-refractivity contribution in [2.24, 2.45) is 11.7 Å². The molecule has 2 N–H and O–H groups in total. The fourth-order valence-electron chi connectivity index (χ4n) is 4.96. The van der Waals surface area contributed by atoms with Crippen molar-refractivity contribution in [2.75, 3.05) is 6.61 Å². The number of halogens is 1. The molecule has 5 heteroatoms. The monoisotopic (exact) mass is 391 g/mol. The molecular formula is C24H26FN3O. The van der Waals surface area contributed by atoms with E-state index in [1.54, 1.807) is 12.1 Å². The predicted octanol–water partition coefficient (Wildman–Crippen LogP) is 4.22. The number of benzene rings is 2. The molecule has 2 bridgehead atoms. The summed E-state index contributed by atoms with van der Waals surface area (Å²) in [4.78, 5) is 2.53. The minimum Gasteiger partial charge on any atom is -0.492 e. The lowest BCUT2D eigenvalue weighted by molar-refractivity contribution is 0.231. The van der Waals surface area contributed by atoms with Crippen LogP contribution in [0.2, 0.25) is 0 Å². The Hall–Kier alpha value is -2.42. The van der Waals surface area contributed by atoms with E-state index in [4.69, 9.17) is 15.7 Å². The summed E-state index contributed by atoms with van der Waals surface area (Å²) in [6.07, 6.45) is 5.90. The zero-order valence-corrected chi connectivity index (χ0v) is 16.5. The second-order valence-electron chi connectivity index (χ2n) is 8.73. The molecule has 0 amide bonds. The van der Waals surface area contributed by atoms with Crippen molar-refractivity contribution in [3.63, 3.8) is 0 Å². The van der Waals surface area contributed by atoms with Crippen LogP contribution in [0, 0.1) is 23.1 Å². The smallest absolute Gasteiger partial charge is 0.141 e. The summed E-state index contributed by atoms with van der Waals surface area (Å²) in [6.45, 7) is 1.52. The van der Waals surface area contributed by atoms with Gasteiger partial charge in [-0.25, -0.2) is 4.39 Å². The number of nitriles is 1. The van der Waals surface area contributed by atoms with Crippen LogP contribution in [0.4, 0.5) is 4.39 Å². The van der Waals surface area contributed by atoms with Crippen LogP contribution in [-0.4, -0.2) is 29.6 Å². The van der Waals surface area contributed by atoms with E-state index in [1.807, 2.05) is 18.2 Å². The normalized spacial score (nSPS) is 25.9. The van der Waals surface area contributed by atoms with Crippen LogP contribution in [0.3, 0.4) is 0 Å². The Kier molecular flexibility index (Phi) is 4.77. The zero-order chi connectivity index (χ0) is 20.0. The van der Waals surface area contributed by atoms with E-state index in [1.165, 1.54) is 31.7 Å². The number of fused-ring (bicyclic) bond motifs is 2. The Balaban J connectivity index is 1.50. The number of nitrogens with zero attached hydrogens (tertiary/aromatic N) is 2. The lowest BCUT2D eigenvalue weighted by Gasteiger charge is -2.25. The van der Waals surface area contributed by atoms with Gasteiger partial charge in [-0.1, -0.05) is 24.3 Å². The molecule has 3 aliphatic rings. The summed E-state index contributed by atoms with van der Waals surface area (Å²) in [6, 6.07) is 14.1. The van der Waals surface area contributed by atoms with E-state index in [0.717, 1.165) is 35.4 Å². The second kappa shape index (κ2) is 7.44. The van der Waals surface area contributed by atoms with Gasteiger partial charge in [0.25, 0.3) is 0 Å². The highest BCUT2D eigenvalue weighted by Gasteiger charge is 2.44. The average molecular weight is 391 g/mol. The van der Waals surface area contributed by atoms with Crippen LogP contribution in [0.25, 0.3) is 11.1 Å². The fraction of sp³-hybridized carbons (Fsp3) is 0.458. The maximum atomic E-state index is 14.3. The van der Waals surface area contributed by atoms with E-state index in [9.17, 15) is 4.39 Å². The van der Waals surface area contributed by atoms with E-state index < -0.39 is 5.82 Å². The first-order chi connectivity index (χ1) is 14.1. The molecule has 0 radical (unpaired) electrons. The Labute approximate surface area is 171 Å². The van der Waals surface area contributed by atoms with Gasteiger partial charge < -0.3 is 10.5 Å². The summed E-state index contributed by atoms with van der Waals surface area (Å²) in [5.74, 6) is 0.987. The number of hydrogen-bond donors (Lipinski definition) is 1. The van der Waals surface area contributed by atoms with Gasteiger partial charge in [0.05, 0.1) is 12.2 Å². The molecule has 1 aliphatic carbocycles. The van der Waals surface area contributed by atoms with Crippen molar-refractivity contribution in [2.45, 2.75) is 56.8 Å². The second-order valence-corrected chi connectivity index (χ2v) is 8.73. The summed E-state index contributed by atoms with van der Waals surface area (Å²) >= 11 is 0. The first kappa shape index (κ1) is 18.6. The molecule has 2 heterocycles. The van der Waals surface area contributed by atoms with Crippen molar-refractivity contribution < 1.29 is 9.13 Å². The molecule has 3 fully saturated rings. The van der Waals surface area contributed by atoms with Gasteiger partial charge >= 0.3 is 0 Å². The van der Waals surface area contributed by atoms with E-state index in [2.05, 4.69) is 11.0 Å². The third-order valence-electron chi connectivity index (χ3n) is 6.74. The van der Waals surface area contributed by atoms with Gasteiger partial charge in [0.2, 0.25) is 0 Å². The minimum absolute atomic E-state index is 0.0629. The van der Waals surface area contributed by atoms with Crippen molar-refractivity contribution in [3.05, 3.63) is 53.3 Å². The maximum Gasteiger partial charge on any atom is 0.141 e. The van der Waals surface area contributed by atoms with E-state index in [0.29, 0.717) is 24.6 Å². The first-order valence-corrected chi connectivity index (χ1v) is 10.6. The SMILES string of the molecule is N#Cc1ccc(-c2cccc(CN3[C@@H]4CC[C@H]3[C@@H](N)C4)c2OCC2CC2)cc1F. The van der Waals surface area contributed by atoms with Crippen molar-refractivity contribution in [1.29, 1.82) is 5.26 Å². The fourth-order valence-corrected chi connectivity index (χ4v) is 4.96. The number of ether oxygens (including phenoxy) is 1. The molecule has 2 aliphatic heterocycles. The van der Waals surface area contributed by atoms with E-state index >= 15 is 0 Å².